The molecule has 0 atom stereocenters. The van der Waals surface area contributed by atoms with Crippen molar-refractivity contribution in [2.45, 2.75) is 6.42 Å². The highest BCUT2D eigenvalue weighted by Crippen LogP contribution is 2.27. The lowest BCUT2D eigenvalue weighted by Gasteiger charge is -2.16. The lowest BCUT2D eigenvalue weighted by molar-refractivity contribution is 0.600. The van der Waals surface area contributed by atoms with E-state index in [0.29, 0.717) is 5.69 Å². The monoisotopic (exact) mass is 387 g/mol. The minimum atomic E-state index is -3.25. The van der Waals surface area contributed by atoms with Crippen molar-refractivity contribution in [1.29, 1.82) is 0 Å². The van der Waals surface area contributed by atoms with Gasteiger partial charge in [-0.05, 0) is 24.1 Å². The maximum atomic E-state index is 11.6. The first kappa shape index (κ1) is 18.4. The van der Waals surface area contributed by atoms with E-state index in [1.54, 1.807) is 30.5 Å². The molecule has 0 bridgehead atoms. The molecule has 7 heteroatoms. The molecule has 1 N–H and O–H groups in total. The summed E-state index contributed by atoms with van der Waals surface area (Å²) in [6, 6.07) is 17.7. The van der Waals surface area contributed by atoms with Crippen LogP contribution in [0.5, 0.6) is 0 Å². The number of nitrogens with one attached hydrogen (secondary N) is 1. The van der Waals surface area contributed by atoms with Crippen LogP contribution >= 0.6 is 11.3 Å². The Morgan fingerprint density at radius 2 is 1.77 bits per heavy atom. The van der Waals surface area contributed by atoms with Gasteiger partial charge >= 0.3 is 0 Å². The van der Waals surface area contributed by atoms with Crippen LogP contribution in [0.4, 0.5) is 10.8 Å². The van der Waals surface area contributed by atoms with Crippen molar-refractivity contribution in [3.05, 3.63) is 65.5 Å². The maximum absolute atomic E-state index is 11.6. The third-order valence-corrected chi connectivity index (χ3v) is 6.07. The fraction of sp³-hybridized carbons (Fsp3) is 0.211. The molecule has 1 aromatic heterocycles. The van der Waals surface area contributed by atoms with Crippen molar-refractivity contribution in [3.8, 4) is 11.3 Å². The van der Waals surface area contributed by atoms with Crippen molar-refractivity contribution < 1.29 is 8.42 Å². The number of rotatable bonds is 7. The van der Waals surface area contributed by atoms with Gasteiger partial charge in [0, 0.05) is 24.5 Å². The van der Waals surface area contributed by atoms with Crippen LogP contribution in [0.25, 0.3) is 11.3 Å². The molecular formula is C19H21N3O2S2. The molecule has 26 heavy (non-hydrogen) atoms. The van der Waals surface area contributed by atoms with Crippen molar-refractivity contribution >= 4 is 32.2 Å². The maximum Gasteiger partial charge on any atom is 0.231 e. The molecule has 0 spiro atoms. The van der Waals surface area contributed by atoms with Crippen LogP contribution in [0, 0.1) is 0 Å². The lowest BCUT2D eigenvalue weighted by atomic mass is 10.1. The van der Waals surface area contributed by atoms with Gasteiger partial charge in [0.25, 0.3) is 0 Å². The molecule has 0 saturated carbocycles. The van der Waals surface area contributed by atoms with Crippen LogP contribution in [-0.2, 0) is 16.4 Å². The van der Waals surface area contributed by atoms with Crippen LogP contribution in [-0.4, -0.2) is 33.2 Å². The van der Waals surface area contributed by atoms with Crippen molar-refractivity contribution in [2.75, 3.05) is 29.5 Å². The number of hydrogen-bond donors (Lipinski definition) is 1. The molecule has 5 nitrogen and oxygen atoms in total. The Bertz CT molecular complexity index is 952. The molecule has 0 saturated heterocycles. The van der Waals surface area contributed by atoms with Gasteiger partial charge in [0.1, 0.15) is 0 Å². The SMILES string of the molecule is CN(c1ccc(-c2csc(NCCc3ccccc3)n2)cc1)S(C)(=O)=O. The van der Waals surface area contributed by atoms with Gasteiger partial charge in [-0.15, -0.1) is 11.3 Å². The zero-order valence-electron chi connectivity index (χ0n) is 14.7. The quantitative estimate of drug-likeness (QED) is 0.669. The highest BCUT2D eigenvalue weighted by atomic mass is 32.2. The van der Waals surface area contributed by atoms with Crippen LogP contribution in [0.3, 0.4) is 0 Å². The van der Waals surface area contributed by atoms with E-state index in [0.717, 1.165) is 29.4 Å². The molecule has 0 unspecified atom stereocenters. The fourth-order valence-corrected chi connectivity index (χ4v) is 3.73. The Balaban J connectivity index is 1.62. The minimum Gasteiger partial charge on any atom is -0.361 e. The van der Waals surface area contributed by atoms with Gasteiger partial charge in [0.05, 0.1) is 17.6 Å². The second-order valence-electron chi connectivity index (χ2n) is 5.98. The largest absolute Gasteiger partial charge is 0.361 e. The normalized spacial score (nSPS) is 11.3. The van der Waals surface area contributed by atoms with Gasteiger partial charge in [0.15, 0.2) is 5.13 Å². The predicted molar refractivity (Wildman–Crippen MR) is 109 cm³/mol. The van der Waals surface area contributed by atoms with Gasteiger partial charge in [-0.2, -0.15) is 0 Å². The summed E-state index contributed by atoms with van der Waals surface area (Å²) in [5.41, 5.74) is 3.77. The van der Waals surface area contributed by atoms with Crippen LogP contribution in [0.15, 0.2) is 60.0 Å². The number of thiazole rings is 1. The molecule has 0 aliphatic carbocycles. The van der Waals surface area contributed by atoms with E-state index >= 15 is 0 Å². The number of nitrogens with zero attached hydrogens (tertiary/aromatic N) is 2. The molecule has 0 amide bonds. The van der Waals surface area contributed by atoms with E-state index in [1.165, 1.54) is 16.1 Å². The molecule has 3 rings (SSSR count). The van der Waals surface area contributed by atoms with Crippen molar-refractivity contribution in [1.82, 2.24) is 4.98 Å². The Kier molecular flexibility index (Phi) is 5.58. The smallest absolute Gasteiger partial charge is 0.231 e. The first-order chi connectivity index (χ1) is 12.4. The van der Waals surface area contributed by atoms with E-state index in [4.69, 9.17) is 0 Å². The molecule has 136 valence electrons. The van der Waals surface area contributed by atoms with E-state index in [1.807, 2.05) is 35.7 Å². The van der Waals surface area contributed by atoms with Crippen LogP contribution < -0.4 is 9.62 Å². The molecule has 0 aliphatic rings. The number of benzene rings is 2. The van der Waals surface area contributed by atoms with Crippen molar-refractivity contribution in [2.24, 2.45) is 0 Å². The van der Waals surface area contributed by atoms with E-state index < -0.39 is 10.0 Å². The lowest BCUT2D eigenvalue weighted by Crippen LogP contribution is -2.24. The molecule has 0 fully saturated rings. The van der Waals surface area contributed by atoms with Gasteiger partial charge in [-0.25, -0.2) is 13.4 Å². The van der Waals surface area contributed by atoms with Gasteiger partial charge < -0.3 is 5.32 Å². The summed E-state index contributed by atoms with van der Waals surface area (Å²) < 4.78 is 24.5. The Labute approximate surface area is 158 Å². The van der Waals surface area contributed by atoms with E-state index in [-0.39, 0.29) is 0 Å². The fourth-order valence-electron chi connectivity index (χ4n) is 2.48. The molecule has 3 aromatic rings. The van der Waals surface area contributed by atoms with Gasteiger partial charge in [-0.3, -0.25) is 4.31 Å². The summed E-state index contributed by atoms with van der Waals surface area (Å²) >= 11 is 1.57. The number of anilines is 2. The number of aromatic nitrogens is 1. The first-order valence-corrected chi connectivity index (χ1v) is 10.9. The summed E-state index contributed by atoms with van der Waals surface area (Å²) in [5, 5.41) is 6.24. The molecule has 0 radical (unpaired) electrons. The van der Waals surface area contributed by atoms with E-state index in [9.17, 15) is 8.42 Å². The zero-order chi connectivity index (χ0) is 18.6. The average molecular weight is 388 g/mol. The molecule has 0 aliphatic heterocycles. The van der Waals surface area contributed by atoms with Crippen molar-refractivity contribution in [3.63, 3.8) is 0 Å². The average Bonchev–Trinajstić information content (AvgIpc) is 3.10. The molecule has 2 aromatic carbocycles. The summed E-state index contributed by atoms with van der Waals surface area (Å²) in [6.07, 6.45) is 2.14. The summed E-state index contributed by atoms with van der Waals surface area (Å²) in [6.45, 7) is 0.828. The third kappa shape index (κ3) is 4.62. The summed E-state index contributed by atoms with van der Waals surface area (Å²) in [7, 11) is -1.71. The summed E-state index contributed by atoms with van der Waals surface area (Å²) in [4.78, 5) is 4.61. The number of sulfonamides is 1. The van der Waals surface area contributed by atoms with Crippen LogP contribution in [0.1, 0.15) is 5.56 Å². The standard InChI is InChI=1S/C19H21N3O2S2/c1-22(26(2,23)24)17-10-8-16(9-11-17)18-14-25-19(21-18)20-13-12-15-6-4-3-5-7-15/h3-11,14H,12-13H2,1-2H3,(H,20,21). The molecule has 1 heterocycles. The highest BCUT2D eigenvalue weighted by Gasteiger charge is 2.12. The first-order valence-electron chi connectivity index (χ1n) is 8.21. The highest BCUT2D eigenvalue weighted by molar-refractivity contribution is 7.92. The molecular weight excluding hydrogens is 366 g/mol. The van der Waals surface area contributed by atoms with Gasteiger partial charge in [-0.1, -0.05) is 42.5 Å². The van der Waals surface area contributed by atoms with Gasteiger partial charge in [0.2, 0.25) is 10.0 Å². The minimum absolute atomic E-state index is 0.632. The second kappa shape index (κ2) is 7.88. The summed E-state index contributed by atoms with van der Waals surface area (Å²) in [5.74, 6) is 0. The Hall–Kier alpha value is -2.38. The second-order valence-corrected chi connectivity index (χ2v) is 8.85. The topological polar surface area (TPSA) is 62.3 Å². The Morgan fingerprint density at radius 1 is 1.08 bits per heavy atom. The third-order valence-electron chi connectivity index (χ3n) is 4.06. The van der Waals surface area contributed by atoms with Crippen LogP contribution in [0.2, 0.25) is 0 Å². The van der Waals surface area contributed by atoms with E-state index in [2.05, 4.69) is 22.4 Å². The predicted octanol–water partition coefficient (Wildman–Crippen LogP) is 3.86. The zero-order valence-corrected chi connectivity index (χ0v) is 16.3. The number of hydrogen-bond acceptors (Lipinski definition) is 5. The Morgan fingerprint density at radius 3 is 2.42 bits per heavy atom.